The highest BCUT2D eigenvalue weighted by Gasteiger charge is 2.53. The number of hydrogen-bond donors (Lipinski definition) is 2. The molecule has 1 aromatic rings. The SMILES string of the molecule is Cc1ccc(C(=O)/C(=N/O)[C@H]2CC[C@@](C)(O)C2(C)C)cc1. The van der Waals surface area contributed by atoms with Crippen molar-refractivity contribution in [3.63, 3.8) is 0 Å². The first kappa shape index (κ1) is 15.7. The zero-order valence-corrected chi connectivity index (χ0v) is 13.1. The van der Waals surface area contributed by atoms with E-state index in [1.807, 2.05) is 32.9 Å². The second kappa shape index (κ2) is 5.26. The van der Waals surface area contributed by atoms with E-state index in [9.17, 15) is 15.1 Å². The highest BCUT2D eigenvalue weighted by molar-refractivity contribution is 6.46. The molecule has 1 aliphatic carbocycles. The number of oxime groups is 1. The average Bonchev–Trinajstić information content (AvgIpc) is 2.62. The van der Waals surface area contributed by atoms with E-state index in [2.05, 4.69) is 5.16 Å². The number of nitrogens with zero attached hydrogens (tertiary/aromatic N) is 1. The Morgan fingerprint density at radius 2 is 1.81 bits per heavy atom. The monoisotopic (exact) mass is 289 g/mol. The van der Waals surface area contributed by atoms with Crippen molar-refractivity contribution in [2.45, 2.75) is 46.1 Å². The Hall–Kier alpha value is -1.68. The fourth-order valence-electron chi connectivity index (χ4n) is 3.09. The molecule has 0 amide bonds. The van der Waals surface area contributed by atoms with Crippen molar-refractivity contribution in [1.29, 1.82) is 0 Å². The van der Waals surface area contributed by atoms with Gasteiger partial charge in [-0.2, -0.15) is 0 Å². The van der Waals surface area contributed by atoms with Crippen molar-refractivity contribution in [1.82, 2.24) is 0 Å². The number of ketones is 1. The molecule has 2 atom stereocenters. The van der Waals surface area contributed by atoms with Crippen molar-refractivity contribution in [3.8, 4) is 0 Å². The van der Waals surface area contributed by atoms with E-state index in [1.165, 1.54) is 0 Å². The van der Waals surface area contributed by atoms with Crippen LogP contribution in [0.15, 0.2) is 29.4 Å². The lowest BCUT2D eigenvalue weighted by atomic mass is 9.71. The zero-order chi connectivity index (χ0) is 15.8. The minimum absolute atomic E-state index is 0.140. The molecule has 4 nitrogen and oxygen atoms in total. The Balaban J connectivity index is 2.33. The molecule has 1 fully saturated rings. The molecule has 21 heavy (non-hydrogen) atoms. The maximum atomic E-state index is 12.6. The van der Waals surface area contributed by atoms with Gasteiger partial charge >= 0.3 is 0 Å². The van der Waals surface area contributed by atoms with Gasteiger partial charge in [-0.1, -0.05) is 48.8 Å². The Labute approximate surface area is 125 Å². The van der Waals surface area contributed by atoms with Gasteiger partial charge in [-0.15, -0.1) is 0 Å². The lowest BCUT2D eigenvalue weighted by Crippen LogP contribution is -2.43. The molecule has 0 aliphatic heterocycles. The Bertz CT molecular complexity index is 570. The second-order valence-corrected chi connectivity index (χ2v) is 6.77. The summed E-state index contributed by atoms with van der Waals surface area (Å²) in [6, 6.07) is 7.20. The number of Topliss-reactive ketones (excluding diaryl/α,β-unsaturated/α-hetero) is 1. The van der Waals surface area contributed by atoms with E-state index in [1.54, 1.807) is 19.1 Å². The minimum Gasteiger partial charge on any atom is -0.411 e. The highest BCUT2D eigenvalue weighted by Crippen LogP contribution is 2.50. The minimum atomic E-state index is -0.874. The molecule has 2 N–H and O–H groups in total. The third-order valence-corrected chi connectivity index (χ3v) is 5.16. The number of carbonyl (C=O) groups excluding carboxylic acids is 1. The number of hydrogen-bond acceptors (Lipinski definition) is 4. The van der Waals surface area contributed by atoms with Gasteiger partial charge < -0.3 is 10.3 Å². The van der Waals surface area contributed by atoms with Crippen molar-refractivity contribution in [2.75, 3.05) is 0 Å². The van der Waals surface area contributed by atoms with Crippen LogP contribution in [0.4, 0.5) is 0 Å². The van der Waals surface area contributed by atoms with Gasteiger partial charge in [0, 0.05) is 16.9 Å². The van der Waals surface area contributed by atoms with Crippen LogP contribution in [0.25, 0.3) is 0 Å². The lowest BCUT2D eigenvalue weighted by molar-refractivity contribution is -0.0334. The van der Waals surface area contributed by atoms with E-state index < -0.39 is 11.0 Å². The molecule has 1 aliphatic rings. The van der Waals surface area contributed by atoms with Crippen LogP contribution in [0.3, 0.4) is 0 Å². The fourth-order valence-corrected chi connectivity index (χ4v) is 3.09. The molecule has 0 heterocycles. The molecule has 4 heteroatoms. The van der Waals surface area contributed by atoms with E-state index in [0.29, 0.717) is 18.4 Å². The van der Waals surface area contributed by atoms with Crippen LogP contribution in [-0.4, -0.2) is 27.4 Å². The normalized spacial score (nSPS) is 28.6. The zero-order valence-electron chi connectivity index (χ0n) is 13.1. The van der Waals surface area contributed by atoms with Crippen LogP contribution in [0.2, 0.25) is 0 Å². The molecular weight excluding hydrogens is 266 g/mol. The van der Waals surface area contributed by atoms with Crippen LogP contribution in [0, 0.1) is 18.3 Å². The quantitative estimate of drug-likeness (QED) is 0.388. The van der Waals surface area contributed by atoms with Crippen molar-refractivity contribution < 1.29 is 15.1 Å². The number of carbonyl (C=O) groups is 1. The summed E-state index contributed by atoms with van der Waals surface area (Å²) in [6.07, 6.45) is 1.22. The first-order chi connectivity index (χ1) is 9.70. The van der Waals surface area contributed by atoms with Gasteiger partial charge in [0.1, 0.15) is 5.71 Å². The first-order valence-electron chi connectivity index (χ1n) is 7.26. The average molecular weight is 289 g/mol. The summed E-state index contributed by atoms with van der Waals surface area (Å²) in [7, 11) is 0. The highest BCUT2D eigenvalue weighted by atomic mass is 16.4. The molecule has 0 spiro atoms. The molecule has 0 saturated heterocycles. The molecular formula is C17H23NO3. The van der Waals surface area contributed by atoms with E-state index in [-0.39, 0.29) is 17.4 Å². The smallest absolute Gasteiger partial charge is 0.210 e. The summed E-state index contributed by atoms with van der Waals surface area (Å²) in [5.41, 5.74) is 0.325. The molecule has 0 unspecified atom stereocenters. The van der Waals surface area contributed by atoms with Crippen LogP contribution >= 0.6 is 0 Å². The van der Waals surface area contributed by atoms with Gasteiger partial charge in [0.05, 0.1) is 5.60 Å². The number of rotatable bonds is 3. The fraction of sp³-hybridized carbons (Fsp3) is 0.529. The van der Waals surface area contributed by atoms with Gasteiger partial charge in [-0.05, 0) is 26.7 Å². The number of aryl methyl sites for hydroxylation is 1. The molecule has 0 radical (unpaired) electrons. The van der Waals surface area contributed by atoms with Crippen LogP contribution in [0.5, 0.6) is 0 Å². The number of benzene rings is 1. The van der Waals surface area contributed by atoms with Gasteiger partial charge in [0.25, 0.3) is 0 Å². The summed E-state index contributed by atoms with van der Waals surface area (Å²) in [4.78, 5) is 12.6. The Morgan fingerprint density at radius 1 is 1.24 bits per heavy atom. The van der Waals surface area contributed by atoms with Gasteiger partial charge in [-0.3, -0.25) is 4.79 Å². The standard InChI is InChI=1S/C17H23NO3/c1-11-5-7-12(8-6-11)15(19)14(18-21)13-9-10-17(4,20)16(13,2)3/h5-8,13,20-21H,9-10H2,1-4H3/b18-14+/t13-,17-/m1/s1. The van der Waals surface area contributed by atoms with E-state index >= 15 is 0 Å². The van der Waals surface area contributed by atoms with Crippen molar-refractivity contribution in [3.05, 3.63) is 35.4 Å². The summed E-state index contributed by atoms with van der Waals surface area (Å²) in [5, 5.41) is 23.1. The largest absolute Gasteiger partial charge is 0.411 e. The molecule has 0 aromatic heterocycles. The summed E-state index contributed by atoms with van der Waals surface area (Å²) in [6.45, 7) is 7.56. The van der Waals surface area contributed by atoms with Crippen LogP contribution < -0.4 is 0 Å². The number of aliphatic hydroxyl groups is 1. The molecule has 114 valence electrons. The molecule has 0 bridgehead atoms. The predicted molar refractivity (Wildman–Crippen MR) is 81.9 cm³/mol. The maximum Gasteiger partial charge on any atom is 0.210 e. The van der Waals surface area contributed by atoms with Crippen LogP contribution in [0.1, 0.15) is 49.5 Å². The summed E-state index contributed by atoms with van der Waals surface area (Å²) >= 11 is 0. The van der Waals surface area contributed by atoms with E-state index in [4.69, 9.17) is 0 Å². The first-order valence-corrected chi connectivity index (χ1v) is 7.26. The van der Waals surface area contributed by atoms with Gasteiger partial charge in [0.2, 0.25) is 5.78 Å². The van der Waals surface area contributed by atoms with E-state index in [0.717, 1.165) is 5.56 Å². The molecule has 1 saturated carbocycles. The van der Waals surface area contributed by atoms with Gasteiger partial charge in [-0.25, -0.2) is 0 Å². The van der Waals surface area contributed by atoms with Crippen molar-refractivity contribution in [2.24, 2.45) is 16.5 Å². The maximum absolute atomic E-state index is 12.6. The predicted octanol–water partition coefficient (Wildman–Crippen LogP) is 3.20. The third-order valence-electron chi connectivity index (χ3n) is 5.16. The van der Waals surface area contributed by atoms with Crippen molar-refractivity contribution >= 4 is 11.5 Å². The summed E-state index contributed by atoms with van der Waals surface area (Å²) in [5.74, 6) is -0.528. The van der Waals surface area contributed by atoms with Gasteiger partial charge in [0.15, 0.2) is 0 Å². The molecule has 1 aromatic carbocycles. The Kier molecular flexibility index (Phi) is 3.93. The second-order valence-electron chi connectivity index (χ2n) is 6.77. The summed E-state index contributed by atoms with van der Waals surface area (Å²) < 4.78 is 0. The topological polar surface area (TPSA) is 69.9 Å². The lowest BCUT2D eigenvalue weighted by Gasteiger charge is -2.37. The molecule has 2 rings (SSSR count). The van der Waals surface area contributed by atoms with Crippen LogP contribution in [-0.2, 0) is 0 Å². The third kappa shape index (κ3) is 2.60. The Morgan fingerprint density at radius 3 is 2.24 bits per heavy atom.